The third-order valence-corrected chi connectivity index (χ3v) is 7.81. The highest BCUT2D eigenvalue weighted by Gasteiger charge is 2.30. The molecule has 0 bridgehead atoms. The Balaban J connectivity index is 1.48. The standard InChI is InChI=1S/C30H32N8O4S/c1-30(2,3)38(29(39)40)24-12-7-6-11-22(24)27-34-23-18-20(13-14-25(23)37(27)5)36(4)26-15-16-32-28(35-26)33-19-9-8-10-21(17-19)43(31,41)42/h6-18H,1-5H3,(H,39,40)(H2,31,41,42)(H,32,33,35). The third kappa shape index (κ3) is 5.98. The Bertz CT molecular complexity index is 1950. The summed E-state index contributed by atoms with van der Waals surface area (Å²) >= 11 is 0. The number of fused-ring (bicyclic) bond motifs is 1. The van der Waals surface area contributed by atoms with Crippen LogP contribution in [-0.2, 0) is 17.1 Å². The lowest BCUT2D eigenvalue weighted by molar-refractivity contribution is 0.195. The van der Waals surface area contributed by atoms with E-state index in [1.165, 1.54) is 17.0 Å². The minimum atomic E-state index is -3.85. The summed E-state index contributed by atoms with van der Waals surface area (Å²) in [7, 11) is -0.0886. The van der Waals surface area contributed by atoms with Crippen LogP contribution in [0.3, 0.4) is 0 Å². The van der Waals surface area contributed by atoms with Gasteiger partial charge in [0.1, 0.15) is 11.6 Å². The normalized spacial score (nSPS) is 11.9. The molecule has 222 valence electrons. The third-order valence-electron chi connectivity index (χ3n) is 6.90. The van der Waals surface area contributed by atoms with E-state index in [0.717, 1.165) is 16.7 Å². The number of nitrogens with zero attached hydrogens (tertiary/aromatic N) is 6. The first kappa shape index (κ1) is 29.5. The van der Waals surface area contributed by atoms with Crippen molar-refractivity contribution in [2.45, 2.75) is 31.2 Å². The summed E-state index contributed by atoms with van der Waals surface area (Å²) < 4.78 is 25.4. The van der Waals surface area contributed by atoms with Crippen molar-refractivity contribution in [3.05, 3.63) is 79.0 Å². The molecule has 0 aliphatic heterocycles. The fourth-order valence-corrected chi connectivity index (χ4v) is 5.41. The lowest BCUT2D eigenvalue weighted by Crippen LogP contribution is -2.45. The SMILES string of the molecule is CN(c1ccc2c(c1)nc(-c1ccccc1N(C(=O)O)C(C)(C)C)n2C)c1ccnc(Nc2cccc(S(N)(=O)=O)c2)n1. The predicted molar refractivity (Wildman–Crippen MR) is 168 cm³/mol. The van der Waals surface area contributed by atoms with Gasteiger partial charge >= 0.3 is 6.09 Å². The molecule has 13 heteroatoms. The minimum absolute atomic E-state index is 0.0227. The van der Waals surface area contributed by atoms with E-state index in [9.17, 15) is 18.3 Å². The van der Waals surface area contributed by atoms with Gasteiger partial charge in [0.2, 0.25) is 16.0 Å². The second-order valence-electron chi connectivity index (χ2n) is 11.0. The van der Waals surface area contributed by atoms with Gasteiger partial charge in [0, 0.05) is 42.8 Å². The number of benzene rings is 3. The highest BCUT2D eigenvalue weighted by atomic mass is 32.2. The molecular formula is C30H32N8O4S. The number of nitrogens with two attached hydrogens (primary N) is 1. The number of amides is 1. The lowest BCUT2D eigenvalue weighted by atomic mass is 10.0. The number of rotatable bonds is 7. The highest BCUT2D eigenvalue weighted by Crippen LogP contribution is 2.36. The maximum atomic E-state index is 12.3. The molecule has 5 aromatic rings. The first-order chi connectivity index (χ1) is 20.2. The van der Waals surface area contributed by atoms with Crippen LogP contribution in [0.15, 0.2) is 83.9 Å². The van der Waals surface area contributed by atoms with Gasteiger partial charge in [0.25, 0.3) is 0 Å². The fraction of sp³-hybridized carbons (Fsp3) is 0.200. The number of nitrogens with one attached hydrogen (secondary N) is 1. The molecule has 0 unspecified atom stereocenters. The molecule has 0 saturated heterocycles. The maximum Gasteiger partial charge on any atom is 0.412 e. The molecule has 4 N–H and O–H groups in total. The monoisotopic (exact) mass is 600 g/mol. The largest absolute Gasteiger partial charge is 0.465 e. The van der Waals surface area contributed by atoms with E-state index in [1.807, 2.05) is 80.7 Å². The Kier molecular flexibility index (Phi) is 7.54. The molecule has 1 amide bonds. The molecule has 12 nitrogen and oxygen atoms in total. The molecule has 0 aliphatic carbocycles. The average molecular weight is 601 g/mol. The average Bonchev–Trinajstić information content (AvgIpc) is 3.27. The van der Waals surface area contributed by atoms with Crippen LogP contribution in [0.4, 0.5) is 33.6 Å². The van der Waals surface area contributed by atoms with Crippen molar-refractivity contribution in [3.63, 3.8) is 0 Å². The van der Waals surface area contributed by atoms with Gasteiger partial charge in [-0.05, 0) is 75.4 Å². The number of primary sulfonamides is 1. The van der Waals surface area contributed by atoms with Gasteiger partial charge < -0.3 is 19.9 Å². The van der Waals surface area contributed by atoms with Crippen LogP contribution < -0.4 is 20.3 Å². The van der Waals surface area contributed by atoms with Crippen LogP contribution in [0.25, 0.3) is 22.4 Å². The summed E-state index contributed by atoms with van der Waals surface area (Å²) in [6, 6.07) is 21.0. The van der Waals surface area contributed by atoms with E-state index in [1.54, 1.807) is 30.5 Å². The molecule has 0 atom stereocenters. The van der Waals surface area contributed by atoms with Crippen molar-refractivity contribution in [3.8, 4) is 11.4 Å². The Hall–Kier alpha value is -5.01. The van der Waals surface area contributed by atoms with E-state index >= 15 is 0 Å². The van der Waals surface area contributed by atoms with E-state index in [0.29, 0.717) is 28.6 Å². The smallest absolute Gasteiger partial charge is 0.412 e. The highest BCUT2D eigenvalue weighted by molar-refractivity contribution is 7.89. The summed E-state index contributed by atoms with van der Waals surface area (Å²) in [4.78, 5) is 29.3. The van der Waals surface area contributed by atoms with Crippen LogP contribution in [0.1, 0.15) is 20.8 Å². The molecule has 0 aliphatic rings. The number of sulfonamides is 1. The number of imidazole rings is 1. The van der Waals surface area contributed by atoms with Gasteiger partial charge in [0.05, 0.1) is 21.6 Å². The Morgan fingerprint density at radius 2 is 1.74 bits per heavy atom. The zero-order chi connectivity index (χ0) is 31.1. The quantitative estimate of drug-likeness (QED) is 0.220. The van der Waals surface area contributed by atoms with E-state index < -0.39 is 21.7 Å². The number of aryl methyl sites for hydroxylation is 1. The number of carbonyl (C=O) groups is 1. The first-order valence-corrected chi connectivity index (χ1v) is 14.8. The predicted octanol–water partition coefficient (Wildman–Crippen LogP) is 5.47. The van der Waals surface area contributed by atoms with Crippen LogP contribution in [0.5, 0.6) is 0 Å². The van der Waals surface area contributed by atoms with Crippen LogP contribution in [0, 0.1) is 0 Å². The summed E-state index contributed by atoms with van der Waals surface area (Å²) in [6.07, 6.45) is 0.557. The number of anilines is 5. The summed E-state index contributed by atoms with van der Waals surface area (Å²) in [6.45, 7) is 5.56. The maximum absolute atomic E-state index is 12.3. The summed E-state index contributed by atoms with van der Waals surface area (Å²) in [5.74, 6) is 1.50. The van der Waals surface area contributed by atoms with Gasteiger partial charge in [-0.15, -0.1) is 0 Å². The molecule has 0 saturated carbocycles. The second kappa shape index (κ2) is 11.0. The van der Waals surface area contributed by atoms with Crippen molar-refractivity contribution in [1.82, 2.24) is 19.5 Å². The van der Waals surface area contributed by atoms with E-state index in [-0.39, 0.29) is 10.8 Å². The Labute approximate surface area is 249 Å². The molecule has 2 aromatic heterocycles. The Morgan fingerprint density at radius 1 is 1.00 bits per heavy atom. The number of carboxylic acid groups (broad SMARTS) is 1. The second-order valence-corrected chi connectivity index (χ2v) is 12.5. The van der Waals surface area contributed by atoms with Gasteiger partial charge in [-0.2, -0.15) is 4.98 Å². The molecule has 0 spiro atoms. The van der Waals surface area contributed by atoms with Crippen LogP contribution in [-0.4, -0.2) is 51.7 Å². The number of hydrogen-bond acceptors (Lipinski definition) is 8. The van der Waals surface area contributed by atoms with Gasteiger partial charge in [-0.1, -0.05) is 18.2 Å². The van der Waals surface area contributed by atoms with Crippen molar-refractivity contribution >= 4 is 56.0 Å². The minimum Gasteiger partial charge on any atom is -0.465 e. The topological polar surface area (TPSA) is 160 Å². The summed E-state index contributed by atoms with van der Waals surface area (Å²) in [5.41, 5.74) is 3.47. The zero-order valence-corrected chi connectivity index (χ0v) is 25.2. The first-order valence-electron chi connectivity index (χ1n) is 13.3. The number of para-hydroxylation sites is 1. The molecule has 0 fully saturated rings. The van der Waals surface area contributed by atoms with Gasteiger partial charge in [0.15, 0.2) is 0 Å². The van der Waals surface area contributed by atoms with Crippen LogP contribution >= 0.6 is 0 Å². The van der Waals surface area contributed by atoms with Gasteiger partial charge in [-0.25, -0.2) is 28.3 Å². The van der Waals surface area contributed by atoms with Crippen LogP contribution in [0.2, 0.25) is 0 Å². The Morgan fingerprint density at radius 3 is 2.44 bits per heavy atom. The van der Waals surface area contributed by atoms with E-state index in [4.69, 9.17) is 10.1 Å². The molecule has 43 heavy (non-hydrogen) atoms. The summed E-state index contributed by atoms with van der Waals surface area (Å²) in [5, 5.41) is 18.3. The molecule has 3 aromatic carbocycles. The van der Waals surface area contributed by atoms with Crippen molar-refractivity contribution in [2.75, 3.05) is 22.2 Å². The van der Waals surface area contributed by atoms with Crippen molar-refractivity contribution < 1.29 is 18.3 Å². The molecule has 0 radical (unpaired) electrons. The van der Waals surface area contributed by atoms with Crippen molar-refractivity contribution in [2.24, 2.45) is 12.2 Å². The fourth-order valence-electron chi connectivity index (χ4n) is 4.86. The van der Waals surface area contributed by atoms with Gasteiger partial charge in [-0.3, -0.25) is 4.90 Å². The molecular weight excluding hydrogens is 568 g/mol. The van der Waals surface area contributed by atoms with Crippen molar-refractivity contribution in [1.29, 1.82) is 0 Å². The number of aromatic nitrogens is 4. The lowest BCUT2D eigenvalue weighted by Gasteiger charge is -2.34. The zero-order valence-electron chi connectivity index (χ0n) is 24.3. The molecule has 2 heterocycles. The number of hydrogen-bond donors (Lipinski definition) is 3. The van der Waals surface area contributed by atoms with E-state index in [2.05, 4.69) is 15.3 Å². The molecule has 5 rings (SSSR count).